The number of benzene rings is 1. The third-order valence-electron chi connectivity index (χ3n) is 6.04. The molecule has 1 aliphatic carbocycles. The van der Waals surface area contributed by atoms with Crippen LogP contribution in [0.15, 0.2) is 65.7 Å². The van der Waals surface area contributed by atoms with E-state index in [1.807, 2.05) is 31.2 Å². The molecule has 5 rings (SSSR count). The first kappa shape index (κ1) is 19.4. The second-order valence-corrected chi connectivity index (χ2v) is 8.07. The number of rotatable bonds is 4. The molecule has 0 spiro atoms. The summed E-state index contributed by atoms with van der Waals surface area (Å²) >= 11 is 0. The Morgan fingerprint density at radius 3 is 2.52 bits per heavy atom. The van der Waals surface area contributed by atoms with Crippen molar-refractivity contribution in [2.45, 2.75) is 44.7 Å². The zero-order valence-corrected chi connectivity index (χ0v) is 17.4. The van der Waals surface area contributed by atoms with Crippen LogP contribution in [-0.2, 0) is 0 Å². The molecule has 3 heterocycles. The van der Waals surface area contributed by atoms with Gasteiger partial charge in [0.15, 0.2) is 5.82 Å². The first-order chi connectivity index (χ1) is 15.2. The molecule has 156 valence electrons. The molecular weight excluding hydrogens is 388 g/mol. The van der Waals surface area contributed by atoms with E-state index in [0.29, 0.717) is 6.04 Å². The number of pyridine rings is 1. The number of aryl methyl sites for hydroxylation is 1. The predicted octanol–water partition coefficient (Wildman–Crippen LogP) is 4.15. The fourth-order valence-electron chi connectivity index (χ4n) is 4.36. The van der Waals surface area contributed by atoms with E-state index in [4.69, 9.17) is 0 Å². The van der Waals surface area contributed by atoms with Gasteiger partial charge in [0.05, 0.1) is 17.4 Å². The highest BCUT2D eigenvalue weighted by molar-refractivity contribution is 5.92. The van der Waals surface area contributed by atoms with Gasteiger partial charge in [-0.3, -0.25) is 9.78 Å². The number of fused-ring (bicyclic) bond motifs is 1. The minimum absolute atomic E-state index is 0.0561. The topological polar surface area (TPSA) is 85.6 Å². The predicted molar refractivity (Wildman–Crippen MR) is 121 cm³/mol. The number of hydrogen-bond donors (Lipinski definition) is 1. The Bertz CT molecular complexity index is 1260. The van der Waals surface area contributed by atoms with Crippen molar-refractivity contribution in [3.63, 3.8) is 0 Å². The first-order valence-electron chi connectivity index (χ1n) is 10.7. The van der Waals surface area contributed by atoms with Crippen molar-refractivity contribution in [1.29, 1.82) is 0 Å². The zero-order valence-electron chi connectivity index (χ0n) is 17.4. The Labute approximate surface area is 180 Å². The van der Waals surface area contributed by atoms with E-state index in [-0.39, 0.29) is 11.6 Å². The van der Waals surface area contributed by atoms with E-state index in [9.17, 15) is 4.79 Å². The normalized spacial score (nSPS) is 18.7. The number of aromatic nitrogens is 5. The van der Waals surface area contributed by atoms with Crippen molar-refractivity contribution in [1.82, 2.24) is 25.0 Å². The summed E-state index contributed by atoms with van der Waals surface area (Å²) in [7, 11) is 0. The van der Waals surface area contributed by atoms with Crippen molar-refractivity contribution in [2.24, 2.45) is 0 Å². The Morgan fingerprint density at radius 2 is 1.74 bits per heavy atom. The van der Waals surface area contributed by atoms with E-state index < -0.39 is 0 Å². The van der Waals surface area contributed by atoms with E-state index in [2.05, 4.69) is 37.7 Å². The van der Waals surface area contributed by atoms with Crippen LogP contribution in [-0.4, -0.2) is 31.0 Å². The van der Waals surface area contributed by atoms with Gasteiger partial charge in [0.25, 0.3) is 5.56 Å². The Balaban J connectivity index is 1.32. The maximum Gasteiger partial charge on any atom is 0.267 e. The van der Waals surface area contributed by atoms with Crippen LogP contribution >= 0.6 is 0 Å². The molecular formula is C24H24N6O. The summed E-state index contributed by atoms with van der Waals surface area (Å²) in [5.41, 5.74) is 2.56. The molecule has 0 saturated heterocycles. The average molecular weight is 412 g/mol. The molecule has 3 aromatic heterocycles. The quantitative estimate of drug-likeness (QED) is 0.542. The monoisotopic (exact) mass is 412 g/mol. The van der Waals surface area contributed by atoms with Gasteiger partial charge in [-0.1, -0.05) is 24.3 Å². The molecule has 0 aliphatic heterocycles. The van der Waals surface area contributed by atoms with Gasteiger partial charge in [0.1, 0.15) is 0 Å². The molecule has 0 bridgehead atoms. The highest BCUT2D eigenvalue weighted by Gasteiger charge is 2.25. The van der Waals surface area contributed by atoms with Crippen LogP contribution in [0.2, 0.25) is 0 Å². The molecule has 7 heteroatoms. The highest BCUT2D eigenvalue weighted by Crippen LogP contribution is 2.31. The van der Waals surface area contributed by atoms with Crippen LogP contribution in [0, 0.1) is 6.92 Å². The van der Waals surface area contributed by atoms with E-state index >= 15 is 0 Å². The molecule has 1 saturated carbocycles. The Hall–Kier alpha value is -3.61. The fraction of sp³-hybridized carbons (Fsp3) is 0.292. The van der Waals surface area contributed by atoms with Gasteiger partial charge < -0.3 is 5.32 Å². The van der Waals surface area contributed by atoms with Gasteiger partial charge in [-0.15, -0.1) is 5.10 Å². The Kier molecular flexibility index (Phi) is 5.16. The molecule has 1 fully saturated rings. The summed E-state index contributed by atoms with van der Waals surface area (Å²) in [4.78, 5) is 16.7. The minimum atomic E-state index is -0.0561. The average Bonchev–Trinajstić information content (AvgIpc) is 2.83. The number of nitrogens with zero attached hydrogens (tertiary/aromatic N) is 5. The summed E-state index contributed by atoms with van der Waals surface area (Å²) < 4.78 is 1.65. The molecule has 31 heavy (non-hydrogen) atoms. The number of hydrogen-bond acceptors (Lipinski definition) is 6. The summed E-state index contributed by atoms with van der Waals surface area (Å²) in [5.74, 6) is 0.832. The molecule has 0 amide bonds. The van der Waals surface area contributed by atoms with Gasteiger partial charge >= 0.3 is 0 Å². The van der Waals surface area contributed by atoms with Crippen LogP contribution in [0.5, 0.6) is 0 Å². The van der Waals surface area contributed by atoms with E-state index in [1.54, 1.807) is 29.2 Å². The van der Waals surface area contributed by atoms with Gasteiger partial charge in [-0.25, -0.2) is 4.68 Å². The van der Waals surface area contributed by atoms with Gasteiger partial charge in [0, 0.05) is 40.8 Å². The lowest BCUT2D eigenvalue weighted by molar-refractivity contribution is 0.304. The SMILES string of the molecule is Cc1nnc(NC2CCC(n3nc(-c4cccnc4)ccc3=O)CC2)c2ccccc12. The lowest BCUT2D eigenvalue weighted by Gasteiger charge is -2.30. The van der Waals surface area contributed by atoms with Crippen LogP contribution in [0.25, 0.3) is 22.0 Å². The van der Waals surface area contributed by atoms with Crippen molar-refractivity contribution in [3.05, 3.63) is 77.0 Å². The van der Waals surface area contributed by atoms with Crippen molar-refractivity contribution in [3.8, 4) is 11.3 Å². The summed E-state index contributed by atoms with van der Waals surface area (Å²) in [6.07, 6.45) is 7.16. The summed E-state index contributed by atoms with van der Waals surface area (Å²) in [6.45, 7) is 1.98. The second kappa shape index (κ2) is 8.26. The minimum Gasteiger partial charge on any atom is -0.365 e. The molecule has 1 aromatic carbocycles. The maximum atomic E-state index is 12.5. The fourth-order valence-corrected chi connectivity index (χ4v) is 4.36. The lowest BCUT2D eigenvalue weighted by atomic mass is 9.91. The van der Waals surface area contributed by atoms with Crippen LogP contribution in [0.4, 0.5) is 5.82 Å². The molecule has 1 aliphatic rings. The number of nitrogens with one attached hydrogen (secondary N) is 1. The third-order valence-corrected chi connectivity index (χ3v) is 6.04. The molecule has 4 aromatic rings. The van der Waals surface area contributed by atoms with Gasteiger partial charge in [-0.2, -0.15) is 10.2 Å². The van der Waals surface area contributed by atoms with Gasteiger partial charge in [0.2, 0.25) is 0 Å². The largest absolute Gasteiger partial charge is 0.365 e. The van der Waals surface area contributed by atoms with Crippen molar-refractivity contribution in [2.75, 3.05) is 5.32 Å². The first-order valence-corrected chi connectivity index (χ1v) is 10.7. The molecule has 0 atom stereocenters. The third kappa shape index (κ3) is 3.91. The maximum absolute atomic E-state index is 12.5. The molecule has 0 radical (unpaired) electrons. The highest BCUT2D eigenvalue weighted by atomic mass is 16.1. The van der Waals surface area contributed by atoms with Crippen LogP contribution in [0.1, 0.15) is 37.4 Å². The smallest absolute Gasteiger partial charge is 0.267 e. The van der Waals surface area contributed by atoms with Gasteiger partial charge in [-0.05, 0) is 50.8 Å². The standard InChI is InChI=1S/C24H24N6O/c1-16-20-6-2-3-7-21(20)24(28-27-16)26-18-8-10-19(11-9-18)30-23(31)13-12-22(29-30)17-5-4-14-25-15-17/h2-7,12-15,18-19H,8-11H2,1H3,(H,26,28). The van der Waals surface area contributed by atoms with Crippen LogP contribution in [0.3, 0.4) is 0 Å². The van der Waals surface area contributed by atoms with Crippen molar-refractivity contribution < 1.29 is 0 Å². The number of anilines is 1. The molecule has 0 unspecified atom stereocenters. The zero-order chi connectivity index (χ0) is 21.2. The van der Waals surface area contributed by atoms with E-state index in [1.165, 1.54) is 0 Å². The second-order valence-electron chi connectivity index (χ2n) is 8.07. The van der Waals surface area contributed by atoms with Crippen molar-refractivity contribution >= 4 is 16.6 Å². The van der Waals surface area contributed by atoms with Crippen LogP contribution < -0.4 is 10.9 Å². The molecule has 7 nitrogen and oxygen atoms in total. The molecule has 1 N–H and O–H groups in total. The Morgan fingerprint density at radius 1 is 0.935 bits per heavy atom. The van der Waals surface area contributed by atoms with E-state index in [0.717, 1.165) is 59.2 Å². The lowest BCUT2D eigenvalue weighted by Crippen LogP contribution is -2.33. The summed E-state index contributed by atoms with van der Waals surface area (Å²) in [5, 5.41) is 19.2. The summed E-state index contributed by atoms with van der Waals surface area (Å²) in [6, 6.07) is 15.8.